The Balaban J connectivity index is 1.28. The quantitative estimate of drug-likeness (QED) is 0.496. The van der Waals surface area contributed by atoms with E-state index in [0.717, 1.165) is 35.3 Å². The van der Waals surface area contributed by atoms with Crippen molar-refractivity contribution in [1.82, 2.24) is 15.5 Å². The summed E-state index contributed by atoms with van der Waals surface area (Å²) in [5, 5.41) is 9.62. The number of anilines is 1. The molecule has 1 fully saturated rings. The number of carbonyl (C=O) groups excluding carboxylic acids is 2. The third-order valence-corrected chi connectivity index (χ3v) is 5.87. The molecule has 7 heteroatoms. The van der Waals surface area contributed by atoms with Gasteiger partial charge in [-0.1, -0.05) is 42.5 Å². The molecule has 2 amide bonds. The van der Waals surface area contributed by atoms with E-state index in [2.05, 4.69) is 51.3 Å². The highest BCUT2D eigenvalue weighted by Crippen LogP contribution is 2.31. The molecule has 0 aromatic heterocycles. The van der Waals surface area contributed by atoms with Crippen molar-refractivity contribution in [2.75, 3.05) is 25.5 Å². The first-order valence-electron chi connectivity index (χ1n) is 10.8. The molecule has 2 aliphatic rings. The van der Waals surface area contributed by atoms with Crippen LogP contribution in [0.5, 0.6) is 0 Å². The minimum Gasteiger partial charge on any atom is -0.356 e. The zero-order chi connectivity index (χ0) is 21.6. The van der Waals surface area contributed by atoms with Crippen LogP contribution < -0.4 is 16.0 Å². The number of hydrogen-bond acceptors (Lipinski definition) is 3. The molecule has 0 spiro atoms. The molecule has 4 rings (SSSR count). The molecule has 2 heterocycles. The largest absolute Gasteiger partial charge is 0.356 e. The number of nitrogens with zero attached hydrogens (tertiary/aromatic N) is 2. The molecule has 3 N–H and O–H groups in total. The maximum atomic E-state index is 12.0. The third-order valence-electron chi connectivity index (χ3n) is 5.87. The van der Waals surface area contributed by atoms with Gasteiger partial charge in [-0.25, -0.2) is 0 Å². The van der Waals surface area contributed by atoms with Crippen LogP contribution in [0.3, 0.4) is 0 Å². The fraction of sp³-hybridized carbons (Fsp3) is 0.375. The normalized spacial score (nSPS) is 18.5. The maximum absolute atomic E-state index is 12.0. The second-order valence-corrected chi connectivity index (χ2v) is 8.08. The van der Waals surface area contributed by atoms with Crippen LogP contribution in [0, 0.1) is 0 Å². The molecule has 7 nitrogen and oxygen atoms in total. The van der Waals surface area contributed by atoms with Gasteiger partial charge in [0.1, 0.15) is 0 Å². The molecule has 0 bridgehead atoms. The van der Waals surface area contributed by atoms with Crippen molar-refractivity contribution in [3.8, 4) is 0 Å². The molecule has 1 atom stereocenters. The minimum atomic E-state index is 0.0455. The van der Waals surface area contributed by atoms with Crippen LogP contribution in [0.2, 0.25) is 0 Å². The zero-order valence-electron chi connectivity index (χ0n) is 17.9. The number of carbonyl (C=O) groups is 2. The van der Waals surface area contributed by atoms with Crippen molar-refractivity contribution in [1.29, 1.82) is 0 Å². The van der Waals surface area contributed by atoms with E-state index in [0.29, 0.717) is 38.4 Å². The van der Waals surface area contributed by atoms with Crippen molar-refractivity contribution in [2.45, 2.75) is 38.3 Å². The number of hydrogen-bond donors (Lipinski definition) is 3. The van der Waals surface area contributed by atoms with E-state index in [9.17, 15) is 9.59 Å². The van der Waals surface area contributed by atoms with Gasteiger partial charge < -0.3 is 20.9 Å². The van der Waals surface area contributed by atoms with Gasteiger partial charge in [-0.05, 0) is 29.2 Å². The van der Waals surface area contributed by atoms with E-state index in [-0.39, 0.29) is 17.7 Å². The molecular weight excluding hydrogens is 390 g/mol. The van der Waals surface area contributed by atoms with Gasteiger partial charge in [0.25, 0.3) is 0 Å². The Kier molecular flexibility index (Phi) is 6.50. The Labute approximate surface area is 182 Å². The highest BCUT2D eigenvalue weighted by molar-refractivity contribution is 5.94. The van der Waals surface area contributed by atoms with Crippen LogP contribution in [0.1, 0.15) is 41.9 Å². The average molecular weight is 420 g/mol. The van der Waals surface area contributed by atoms with Gasteiger partial charge in [-0.15, -0.1) is 0 Å². The molecule has 2 aromatic rings. The summed E-state index contributed by atoms with van der Waals surface area (Å²) in [4.78, 5) is 30.0. The van der Waals surface area contributed by atoms with Crippen LogP contribution in [0.4, 0.5) is 5.69 Å². The first kappa shape index (κ1) is 20.9. The molecule has 162 valence electrons. The number of amides is 2. The number of guanidine groups is 1. The second-order valence-electron chi connectivity index (χ2n) is 8.08. The number of nitrogens with one attached hydrogen (secondary N) is 3. The Bertz CT molecular complexity index is 970. The lowest BCUT2D eigenvalue weighted by Crippen LogP contribution is -2.40. The summed E-state index contributed by atoms with van der Waals surface area (Å²) in [6.45, 7) is 2.82. The smallest absolute Gasteiger partial charge is 0.225 e. The van der Waals surface area contributed by atoms with Crippen LogP contribution in [0.15, 0.2) is 53.5 Å². The standard InChI is InChI=1S/C24H29N5O2/c1-25-24(27-15-19-13-22(30)28-21-6-3-2-5-20(19)21)26-14-17-8-10-18(11-9-17)16-29-12-4-7-23(29)31/h2-3,5-6,8-11,19H,4,7,12-16H2,1H3,(H,28,30)(H2,25,26,27). The lowest BCUT2D eigenvalue weighted by molar-refractivity contribution is -0.128. The summed E-state index contributed by atoms with van der Waals surface area (Å²) < 4.78 is 0. The van der Waals surface area contributed by atoms with Gasteiger partial charge in [-0.2, -0.15) is 0 Å². The molecule has 2 aromatic carbocycles. The summed E-state index contributed by atoms with van der Waals surface area (Å²) in [5.74, 6) is 1.11. The molecule has 0 radical (unpaired) electrons. The molecular formula is C24H29N5O2. The third kappa shape index (κ3) is 5.23. The zero-order valence-corrected chi connectivity index (χ0v) is 17.9. The van der Waals surface area contributed by atoms with Gasteiger partial charge >= 0.3 is 0 Å². The first-order valence-corrected chi connectivity index (χ1v) is 10.8. The number of benzene rings is 2. The Hall–Kier alpha value is -3.35. The maximum Gasteiger partial charge on any atom is 0.225 e. The summed E-state index contributed by atoms with van der Waals surface area (Å²) in [7, 11) is 1.74. The fourth-order valence-electron chi connectivity index (χ4n) is 4.16. The number of aliphatic imine (C=N–C) groups is 1. The lowest BCUT2D eigenvalue weighted by Gasteiger charge is -2.26. The van der Waals surface area contributed by atoms with Crippen molar-refractivity contribution in [3.63, 3.8) is 0 Å². The topological polar surface area (TPSA) is 85.8 Å². The van der Waals surface area contributed by atoms with Crippen LogP contribution >= 0.6 is 0 Å². The van der Waals surface area contributed by atoms with Crippen molar-refractivity contribution >= 4 is 23.5 Å². The summed E-state index contributed by atoms with van der Waals surface area (Å²) in [5.41, 5.74) is 4.33. The van der Waals surface area contributed by atoms with Gasteiger partial charge in [-0.3, -0.25) is 14.6 Å². The van der Waals surface area contributed by atoms with Gasteiger partial charge in [0.2, 0.25) is 11.8 Å². The molecule has 1 saturated heterocycles. The van der Waals surface area contributed by atoms with Gasteiger partial charge in [0, 0.05) is 57.7 Å². The van der Waals surface area contributed by atoms with Crippen molar-refractivity contribution in [2.24, 2.45) is 4.99 Å². The van der Waals surface area contributed by atoms with E-state index in [1.165, 1.54) is 0 Å². The lowest BCUT2D eigenvalue weighted by atomic mass is 9.90. The number of rotatable bonds is 6. The predicted octanol–water partition coefficient (Wildman–Crippen LogP) is 2.60. The van der Waals surface area contributed by atoms with Gasteiger partial charge in [0.15, 0.2) is 5.96 Å². The number of fused-ring (bicyclic) bond motifs is 1. The van der Waals surface area contributed by atoms with Crippen molar-refractivity contribution in [3.05, 3.63) is 65.2 Å². The van der Waals surface area contributed by atoms with Crippen molar-refractivity contribution < 1.29 is 9.59 Å². The minimum absolute atomic E-state index is 0.0455. The van der Waals surface area contributed by atoms with Crippen LogP contribution in [-0.4, -0.2) is 42.8 Å². The highest BCUT2D eigenvalue weighted by Gasteiger charge is 2.24. The van der Waals surface area contributed by atoms with Crippen LogP contribution in [0.25, 0.3) is 0 Å². The average Bonchev–Trinajstić information content (AvgIpc) is 3.19. The van der Waals surface area contributed by atoms with E-state index >= 15 is 0 Å². The SMILES string of the molecule is CN=C(NCc1ccc(CN2CCCC2=O)cc1)NCC1CC(=O)Nc2ccccc21. The van der Waals surface area contributed by atoms with E-state index in [4.69, 9.17) is 0 Å². The second kappa shape index (κ2) is 9.64. The predicted molar refractivity (Wildman–Crippen MR) is 122 cm³/mol. The highest BCUT2D eigenvalue weighted by atomic mass is 16.2. The number of para-hydroxylation sites is 1. The van der Waals surface area contributed by atoms with E-state index in [1.807, 2.05) is 23.1 Å². The van der Waals surface area contributed by atoms with Gasteiger partial charge in [0.05, 0.1) is 0 Å². The molecule has 0 saturated carbocycles. The van der Waals surface area contributed by atoms with Crippen LogP contribution in [-0.2, 0) is 22.7 Å². The summed E-state index contributed by atoms with van der Waals surface area (Å²) >= 11 is 0. The van der Waals surface area contributed by atoms with E-state index in [1.54, 1.807) is 7.05 Å². The monoisotopic (exact) mass is 419 g/mol. The summed E-state index contributed by atoms with van der Waals surface area (Å²) in [6, 6.07) is 16.3. The Morgan fingerprint density at radius 1 is 1.10 bits per heavy atom. The molecule has 31 heavy (non-hydrogen) atoms. The Morgan fingerprint density at radius 3 is 2.61 bits per heavy atom. The summed E-state index contributed by atoms with van der Waals surface area (Å²) in [6.07, 6.45) is 2.09. The molecule has 0 aliphatic carbocycles. The Morgan fingerprint density at radius 2 is 1.87 bits per heavy atom. The fourth-order valence-corrected chi connectivity index (χ4v) is 4.16. The number of likely N-dealkylation sites (tertiary alicyclic amines) is 1. The molecule has 1 unspecified atom stereocenters. The molecule has 2 aliphatic heterocycles. The van der Waals surface area contributed by atoms with E-state index < -0.39 is 0 Å². The first-order chi connectivity index (χ1) is 15.1.